The molecule has 0 radical (unpaired) electrons. The molecule has 2 fully saturated rings. The number of likely N-dealkylation sites (tertiary alicyclic amines) is 1. The summed E-state index contributed by atoms with van der Waals surface area (Å²) in [5, 5.41) is 7.69. The average Bonchev–Trinajstić information content (AvgIpc) is 3.16. The maximum Gasteiger partial charge on any atom is 0.221 e. The van der Waals surface area contributed by atoms with Gasteiger partial charge in [-0.25, -0.2) is 4.98 Å². The summed E-state index contributed by atoms with van der Waals surface area (Å²) in [5.74, 6) is 1.49. The van der Waals surface area contributed by atoms with Crippen LogP contribution in [-0.2, 0) is 17.9 Å². The Labute approximate surface area is 179 Å². The van der Waals surface area contributed by atoms with Gasteiger partial charge in [-0.1, -0.05) is 6.42 Å². The third-order valence-corrected chi connectivity index (χ3v) is 6.69. The van der Waals surface area contributed by atoms with Gasteiger partial charge < -0.3 is 10.2 Å². The van der Waals surface area contributed by atoms with Crippen LogP contribution in [0.1, 0.15) is 50.1 Å². The summed E-state index contributed by atoms with van der Waals surface area (Å²) in [4.78, 5) is 21.5. The molecular formula is C23H34N6O. The fourth-order valence-electron chi connectivity index (χ4n) is 5.23. The van der Waals surface area contributed by atoms with Crippen molar-refractivity contribution in [3.05, 3.63) is 35.3 Å². The lowest BCUT2D eigenvalue weighted by molar-refractivity contribution is -0.114. The number of aromatic nitrogens is 3. The van der Waals surface area contributed by atoms with Gasteiger partial charge >= 0.3 is 0 Å². The van der Waals surface area contributed by atoms with Crippen molar-refractivity contribution < 1.29 is 4.79 Å². The van der Waals surface area contributed by atoms with Crippen LogP contribution in [-0.4, -0.2) is 51.2 Å². The van der Waals surface area contributed by atoms with Gasteiger partial charge in [0.25, 0.3) is 0 Å². The van der Waals surface area contributed by atoms with Gasteiger partial charge in [-0.15, -0.1) is 0 Å². The van der Waals surface area contributed by atoms with Crippen LogP contribution in [0.4, 0.5) is 11.5 Å². The number of hydrogen-bond donors (Lipinski definition) is 1. The standard InChI is InChI=1S/C23H34N6O/c1-5-29-17(3)20(16(2)26-29)14-27-13-19-9-6-7-12-28(22(19)15-27)23-21(25-18(4)30)10-8-11-24-23/h8,10-11,19,22H,5-7,9,12-15H2,1-4H3,(H,25,30)/t19-,22+/m1/s1. The molecule has 0 aliphatic carbocycles. The van der Waals surface area contributed by atoms with Gasteiger partial charge in [-0.2, -0.15) is 5.10 Å². The molecule has 1 amide bonds. The van der Waals surface area contributed by atoms with Gasteiger partial charge in [0, 0.05) is 63.1 Å². The molecule has 2 atom stereocenters. The highest BCUT2D eigenvalue weighted by Crippen LogP contribution is 2.36. The molecule has 4 rings (SSSR count). The molecule has 162 valence electrons. The molecular weight excluding hydrogens is 376 g/mol. The van der Waals surface area contributed by atoms with E-state index in [4.69, 9.17) is 5.10 Å². The molecule has 0 bridgehead atoms. The number of amides is 1. The molecule has 2 saturated heterocycles. The van der Waals surface area contributed by atoms with E-state index in [1.54, 1.807) is 6.92 Å². The molecule has 2 aromatic rings. The minimum Gasteiger partial charge on any atom is -0.350 e. The van der Waals surface area contributed by atoms with E-state index in [0.29, 0.717) is 12.0 Å². The largest absolute Gasteiger partial charge is 0.350 e. The fourth-order valence-corrected chi connectivity index (χ4v) is 5.23. The Kier molecular flexibility index (Phi) is 6.09. The van der Waals surface area contributed by atoms with Crippen molar-refractivity contribution in [1.82, 2.24) is 19.7 Å². The molecule has 0 unspecified atom stereocenters. The monoisotopic (exact) mass is 410 g/mol. The quantitative estimate of drug-likeness (QED) is 0.819. The summed E-state index contributed by atoms with van der Waals surface area (Å²) in [6, 6.07) is 4.28. The highest BCUT2D eigenvalue weighted by atomic mass is 16.1. The third-order valence-electron chi connectivity index (χ3n) is 6.69. The Morgan fingerprint density at radius 2 is 2.10 bits per heavy atom. The number of nitrogens with one attached hydrogen (secondary N) is 1. The van der Waals surface area contributed by atoms with Crippen molar-refractivity contribution >= 4 is 17.4 Å². The number of nitrogens with zero attached hydrogens (tertiary/aromatic N) is 5. The van der Waals surface area contributed by atoms with Crippen molar-refractivity contribution in [3.63, 3.8) is 0 Å². The number of anilines is 2. The summed E-state index contributed by atoms with van der Waals surface area (Å²) in [7, 11) is 0. The highest BCUT2D eigenvalue weighted by molar-refractivity contribution is 5.92. The van der Waals surface area contributed by atoms with Gasteiger partial charge in [0.1, 0.15) is 0 Å². The van der Waals surface area contributed by atoms with Crippen LogP contribution in [0.5, 0.6) is 0 Å². The first-order valence-electron chi connectivity index (χ1n) is 11.2. The second kappa shape index (κ2) is 8.76. The molecule has 2 aliphatic heterocycles. The number of fused-ring (bicyclic) bond motifs is 1. The van der Waals surface area contributed by atoms with Crippen molar-refractivity contribution in [1.29, 1.82) is 0 Å². The Morgan fingerprint density at radius 3 is 2.83 bits per heavy atom. The fraction of sp³-hybridized carbons (Fsp3) is 0.609. The minimum absolute atomic E-state index is 0.0532. The second-order valence-corrected chi connectivity index (χ2v) is 8.73. The van der Waals surface area contributed by atoms with Crippen molar-refractivity contribution in [3.8, 4) is 0 Å². The van der Waals surface area contributed by atoms with Gasteiger partial charge in [0.2, 0.25) is 5.91 Å². The molecule has 30 heavy (non-hydrogen) atoms. The van der Waals surface area contributed by atoms with Gasteiger partial charge in [0.05, 0.1) is 11.4 Å². The Balaban J connectivity index is 1.57. The topological polar surface area (TPSA) is 66.3 Å². The van der Waals surface area contributed by atoms with E-state index in [1.807, 2.05) is 18.3 Å². The van der Waals surface area contributed by atoms with E-state index in [9.17, 15) is 4.79 Å². The highest BCUT2D eigenvalue weighted by Gasteiger charge is 2.39. The Hall–Kier alpha value is -2.41. The summed E-state index contributed by atoms with van der Waals surface area (Å²) in [6.45, 7) is 13.0. The van der Waals surface area contributed by atoms with Gasteiger partial charge in [-0.05, 0) is 51.7 Å². The van der Waals surface area contributed by atoms with Crippen LogP contribution >= 0.6 is 0 Å². The van der Waals surface area contributed by atoms with Crippen LogP contribution < -0.4 is 10.2 Å². The van der Waals surface area contributed by atoms with Crippen molar-refractivity contribution in [2.75, 3.05) is 29.9 Å². The number of aryl methyl sites for hydroxylation is 2. The predicted molar refractivity (Wildman–Crippen MR) is 120 cm³/mol. The molecule has 1 N–H and O–H groups in total. The third kappa shape index (κ3) is 4.08. The van der Waals surface area contributed by atoms with Crippen molar-refractivity contribution in [2.24, 2.45) is 5.92 Å². The lowest BCUT2D eigenvalue weighted by Gasteiger charge is -2.32. The number of rotatable bonds is 5. The molecule has 7 nitrogen and oxygen atoms in total. The first-order chi connectivity index (χ1) is 14.5. The molecule has 2 aromatic heterocycles. The van der Waals surface area contributed by atoms with Crippen LogP contribution in [0, 0.1) is 19.8 Å². The predicted octanol–water partition coefficient (Wildman–Crippen LogP) is 3.36. The number of pyridine rings is 1. The zero-order valence-electron chi connectivity index (χ0n) is 18.7. The summed E-state index contributed by atoms with van der Waals surface area (Å²) in [5.41, 5.74) is 4.63. The molecule has 0 saturated carbocycles. The first kappa shape index (κ1) is 20.8. The Bertz CT molecular complexity index is 907. The van der Waals surface area contributed by atoms with E-state index < -0.39 is 0 Å². The summed E-state index contributed by atoms with van der Waals surface area (Å²) in [6.07, 6.45) is 5.51. The molecule has 0 spiro atoms. The van der Waals surface area contributed by atoms with E-state index in [-0.39, 0.29) is 5.91 Å². The number of carbonyl (C=O) groups is 1. The Morgan fingerprint density at radius 1 is 1.27 bits per heavy atom. The molecule has 0 aromatic carbocycles. The van der Waals surface area contributed by atoms with E-state index in [1.165, 1.54) is 30.5 Å². The average molecular weight is 411 g/mol. The number of hydrogen-bond acceptors (Lipinski definition) is 5. The smallest absolute Gasteiger partial charge is 0.221 e. The maximum absolute atomic E-state index is 11.7. The molecule has 7 heteroatoms. The van der Waals surface area contributed by atoms with E-state index in [2.05, 4.69) is 45.6 Å². The maximum atomic E-state index is 11.7. The van der Waals surface area contributed by atoms with Crippen molar-refractivity contribution in [2.45, 2.75) is 66.1 Å². The molecule has 4 heterocycles. The zero-order chi connectivity index (χ0) is 21.3. The summed E-state index contributed by atoms with van der Waals surface area (Å²) >= 11 is 0. The second-order valence-electron chi connectivity index (χ2n) is 8.73. The lowest BCUT2D eigenvalue weighted by Crippen LogP contribution is -2.41. The van der Waals surface area contributed by atoms with Crippen LogP contribution in [0.25, 0.3) is 0 Å². The van der Waals surface area contributed by atoms with Gasteiger partial charge in [0.15, 0.2) is 5.82 Å². The van der Waals surface area contributed by atoms with Crippen LogP contribution in [0.2, 0.25) is 0 Å². The van der Waals surface area contributed by atoms with E-state index >= 15 is 0 Å². The SMILES string of the molecule is CCn1nc(C)c(CN2C[C@H]3CCCCN(c4ncccc4NC(C)=O)[C@H]3C2)c1C. The normalized spacial score (nSPS) is 22.1. The summed E-state index contributed by atoms with van der Waals surface area (Å²) < 4.78 is 2.11. The lowest BCUT2D eigenvalue weighted by atomic mass is 9.98. The van der Waals surface area contributed by atoms with Crippen LogP contribution in [0.15, 0.2) is 18.3 Å². The zero-order valence-corrected chi connectivity index (χ0v) is 18.7. The first-order valence-corrected chi connectivity index (χ1v) is 11.2. The van der Waals surface area contributed by atoms with Gasteiger partial charge in [-0.3, -0.25) is 14.4 Å². The van der Waals surface area contributed by atoms with E-state index in [0.717, 1.165) is 49.9 Å². The van der Waals surface area contributed by atoms with Crippen LogP contribution in [0.3, 0.4) is 0 Å². The number of carbonyl (C=O) groups excluding carboxylic acids is 1. The molecule has 2 aliphatic rings. The minimum atomic E-state index is -0.0532.